The van der Waals surface area contributed by atoms with Crippen LogP contribution >= 0.6 is 0 Å². The molecule has 406 valence electrons. The number of allylic oxidation sites excluding steroid dienone is 13. The first-order chi connectivity index (χ1) is 41.5. The largest absolute Gasteiger partial charge is 0.512 e. The standard InChI is InChI=1S/C79H60O5/c80-57-30-32-59-55(44-57)28-38-65-74(59)71(52-22-16-49(17-23-52)46-10-4-1-5-11-46)76-61-34-42-69-78(63(61)36-40-67(76)82-65)73(54-26-20-51(21-27-54)48-14-8-3-9-15-48)79-64-37-41-68-77(62(64)35-43-70(79)84-69)72(53-24-18-50(19-25-53)47-12-6-2-7-13-47)75-60-33-31-58(81)45-56(60)29-39-66(75)83-68/h1-12,14-16,18-30,32,36-41,44-45,47,49,71-73,80-81H,13,17,31,33-35,42-43H2. The van der Waals surface area contributed by atoms with Gasteiger partial charge in [-0.3, -0.25) is 0 Å². The SMILES string of the molecule is OC1=Cc2ccc3c(c2CC1)C(c1ccc(C2C=CC=CC2)cc1)c1c(ccc2c1CCC1=C2C(c2ccc(-c4ccccc4)cc2)C2=C(CCc4c2ccc2c4C(C4=CCC(c5ccccc5)C=C4)c4c(ccc5cc(O)ccc45)O2)O1)O3. The molecule has 8 aliphatic rings. The van der Waals surface area contributed by atoms with Crippen LogP contribution in [0, 0.1) is 0 Å². The predicted molar refractivity (Wildman–Crippen MR) is 336 cm³/mol. The van der Waals surface area contributed by atoms with Crippen molar-refractivity contribution in [1.82, 2.24) is 0 Å². The van der Waals surface area contributed by atoms with E-state index in [1.807, 2.05) is 18.2 Å². The first kappa shape index (κ1) is 49.1. The van der Waals surface area contributed by atoms with E-state index in [0.29, 0.717) is 18.1 Å². The molecule has 5 aliphatic carbocycles. The van der Waals surface area contributed by atoms with Crippen molar-refractivity contribution in [3.63, 3.8) is 0 Å². The summed E-state index contributed by atoms with van der Waals surface area (Å²) >= 11 is 0. The number of phenols is 1. The molecule has 0 amide bonds. The lowest BCUT2D eigenvalue weighted by Gasteiger charge is -2.42. The van der Waals surface area contributed by atoms with E-state index in [1.54, 1.807) is 0 Å². The van der Waals surface area contributed by atoms with Crippen molar-refractivity contribution in [2.75, 3.05) is 0 Å². The fraction of sp³-hybridized carbons (Fsp3) is 0.165. The van der Waals surface area contributed by atoms with Gasteiger partial charge in [-0.05, 0) is 158 Å². The molecule has 5 atom stereocenters. The van der Waals surface area contributed by atoms with Crippen LogP contribution in [0.1, 0.15) is 140 Å². The quantitative estimate of drug-likeness (QED) is 0.174. The van der Waals surface area contributed by atoms with E-state index in [2.05, 4.69) is 206 Å². The molecule has 0 saturated heterocycles. The van der Waals surface area contributed by atoms with Gasteiger partial charge >= 0.3 is 0 Å². The fourth-order valence-electron chi connectivity index (χ4n) is 15.6. The molecule has 84 heavy (non-hydrogen) atoms. The van der Waals surface area contributed by atoms with E-state index in [9.17, 15) is 10.2 Å². The van der Waals surface area contributed by atoms with E-state index in [0.717, 1.165) is 101 Å². The summed E-state index contributed by atoms with van der Waals surface area (Å²) in [5.74, 6) is 6.56. The molecule has 0 aromatic heterocycles. The summed E-state index contributed by atoms with van der Waals surface area (Å²) < 4.78 is 21.8. The molecule has 5 unspecified atom stereocenters. The molecule has 0 saturated carbocycles. The van der Waals surface area contributed by atoms with Gasteiger partial charge in [0.15, 0.2) is 0 Å². The summed E-state index contributed by atoms with van der Waals surface area (Å²) in [6.45, 7) is 0. The summed E-state index contributed by atoms with van der Waals surface area (Å²) in [4.78, 5) is 0. The summed E-state index contributed by atoms with van der Waals surface area (Å²) in [6.07, 6.45) is 24.4. The van der Waals surface area contributed by atoms with Crippen LogP contribution in [0.15, 0.2) is 241 Å². The molecule has 3 heterocycles. The maximum absolute atomic E-state index is 10.9. The van der Waals surface area contributed by atoms with Crippen LogP contribution in [0.3, 0.4) is 0 Å². The van der Waals surface area contributed by atoms with Gasteiger partial charge in [0.05, 0.1) is 5.76 Å². The molecule has 5 nitrogen and oxygen atoms in total. The molecule has 0 spiro atoms. The number of aliphatic hydroxyl groups is 1. The van der Waals surface area contributed by atoms with Gasteiger partial charge in [0.1, 0.15) is 40.3 Å². The highest BCUT2D eigenvalue weighted by atomic mass is 16.5. The third kappa shape index (κ3) is 7.89. The Morgan fingerprint density at radius 3 is 1.69 bits per heavy atom. The minimum absolute atomic E-state index is 0.101. The summed E-state index contributed by atoms with van der Waals surface area (Å²) in [7, 11) is 0. The normalized spacial score (nSPS) is 21.1. The topological polar surface area (TPSA) is 68.2 Å². The molecule has 3 aliphatic heterocycles. The van der Waals surface area contributed by atoms with Gasteiger partial charge < -0.3 is 24.4 Å². The lowest BCUT2D eigenvalue weighted by atomic mass is 9.66. The van der Waals surface area contributed by atoms with Crippen LogP contribution in [-0.4, -0.2) is 10.2 Å². The van der Waals surface area contributed by atoms with Gasteiger partial charge in [0.25, 0.3) is 0 Å². The molecular formula is C79H60O5. The third-order valence-electron chi connectivity index (χ3n) is 19.5. The van der Waals surface area contributed by atoms with Crippen LogP contribution in [0.2, 0.25) is 0 Å². The van der Waals surface area contributed by atoms with Crippen LogP contribution in [0.5, 0.6) is 28.7 Å². The number of aromatic hydroxyl groups is 1. The first-order valence-electron chi connectivity index (χ1n) is 30.1. The monoisotopic (exact) mass is 1090 g/mol. The Labute approximate surface area is 489 Å². The van der Waals surface area contributed by atoms with Gasteiger partial charge in [-0.2, -0.15) is 0 Å². The summed E-state index contributed by atoms with van der Waals surface area (Å²) in [5, 5.41) is 23.8. The van der Waals surface area contributed by atoms with Crippen molar-refractivity contribution in [3.05, 3.63) is 319 Å². The zero-order valence-electron chi connectivity index (χ0n) is 46.5. The van der Waals surface area contributed by atoms with Gasteiger partial charge in [-0.15, -0.1) is 0 Å². The van der Waals surface area contributed by atoms with Crippen LogP contribution in [-0.2, 0) is 24.0 Å². The molecule has 2 N–H and O–H groups in total. The minimum Gasteiger partial charge on any atom is -0.512 e. The van der Waals surface area contributed by atoms with Crippen molar-refractivity contribution < 1.29 is 24.4 Å². The van der Waals surface area contributed by atoms with E-state index >= 15 is 0 Å². The Bertz CT molecular complexity index is 4470. The van der Waals surface area contributed by atoms with Crippen LogP contribution < -0.4 is 9.47 Å². The number of fused-ring (bicyclic) bond motifs is 14. The highest BCUT2D eigenvalue weighted by Gasteiger charge is 2.45. The second-order valence-corrected chi connectivity index (χ2v) is 24.0. The Morgan fingerprint density at radius 1 is 0.417 bits per heavy atom. The number of rotatable bonds is 6. The number of benzene rings is 9. The van der Waals surface area contributed by atoms with E-state index in [1.165, 1.54) is 94.6 Å². The fourth-order valence-corrected chi connectivity index (χ4v) is 15.6. The maximum atomic E-state index is 10.9. The maximum Gasteiger partial charge on any atom is 0.132 e. The van der Waals surface area contributed by atoms with Crippen molar-refractivity contribution in [1.29, 1.82) is 0 Å². The Kier molecular flexibility index (Phi) is 11.4. The number of hydrogen-bond donors (Lipinski definition) is 2. The molecule has 0 bridgehead atoms. The van der Waals surface area contributed by atoms with Crippen molar-refractivity contribution in [2.24, 2.45) is 0 Å². The van der Waals surface area contributed by atoms with Crippen molar-refractivity contribution >= 4 is 28.0 Å². The highest BCUT2D eigenvalue weighted by molar-refractivity contribution is 5.96. The lowest BCUT2D eigenvalue weighted by Crippen LogP contribution is -2.26. The van der Waals surface area contributed by atoms with Gasteiger partial charge in [-0.25, -0.2) is 0 Å². The molecule has 0 fully saturated rings. The van der Waals surface area contributed by atoms with Crippen LogP contribution in [0.4, 0.5) is 0 Å². The second kappa shape index (κ2) is 19.5. The van der Waals surface area contributed by atoms with E-state index < -0.39 is 0 Å². The number of ether oxygens (including phenoxy) is 3. The molecule has 17 rings (SSSR count). The average Bonchev–Trinajstić information content (AvgIpc) is 1.31. The average molecular weight is 1090 g/mol. The Morgan fingerprint density at radius 2 is 1.00 bits per heavy atom. The molecule has 0 radical (unpaired) electrons. The molecule has 9 aromatic carbocycles. The third-order valence-corrected chi connectivity index (χ3v) is 19.5. The second-order valence-electron chi connectivity index (χ2n) is 24.0. The Hall–Kier alpha value is -9.58. The lowest BCUT2D eigenvalue weighted by molar-refractivity contribution is 0.269. The van der Waals surface area contributed by atoms with E-state index in [-0.39, 0.29) is 29.4 Å². The summed E-state index contributed by atoms with van der Waals surface area (Å²) in [5.41, 5.74) is 23.3. The smallest absolute Gasteiger partial charge is 0.132 e. The van der Waals surface area contributed by atoms with Gasteiger partial charge in [-0.1, -0.05) is 182 Å². The van der Waals surface area contributed by atoms with Crippen molar-refractivity contribution in [3.8, 4) is 39.9 Å². The van der Waals surface area contributed by atoms with Crippen molar-refractivity contribution in [2.45, 2.75) is 81.0 Å². The zero-order valence-corrected chi connectivity index (χ0v) is 46.5. The van der Waals surface area contributed by atoms with Gasteiger partial charge in [0.2, 0.25) is 0 Å². The van der Waals surface area contributed by atoms with E-state index in [4.69, 9.17) is 14.2 Å². The summed E-state index contributed by atoms with van der Waals surface area (Å²) in [6, 6.07) is 63.6. The van der Waals surface area contributed by atoms with Gasteiger partial charge in [0, 0.05) is 82.3 Å². The molecule has 9 aromatic rings. The highest BCUT2D eigenvalue weighted by Crippen LogP contribution is 2.62. The predicted octanol–water partition coefficient (Wildman–Crippen LogP) is 19.7. The molecule has 5 heteroatoms. The number of phenolic OH excluding ortho intramolecular Hbond substituents is 1. The molecular weight excluding hydrogens is 1030 g/mol. The van der Waals surface area contributed by atoms with Crippen LogP contribution in [0.25, 0.3) is 39.1 Å². The zero-order chi connectivity index (χ0) is 55.6. The number of aliphatic hydroxyl groups excluding tert-OH is 1. The Balaban J connectivity index is 0.847. The first-order valence-corrected chi connectivity index (χ1v) is 30.1. The minimum atomic E-state index is -0.157. The number of hydrogen-bond acceptors (Lipinski definition) is 5.